The smallest absolute Gasteiger partial charge is 0.305 e. The van der Waals surface area contributed by atoms with Crippen molar-refractivity contribution < 1.29 is 38.1 Å². The molecule has 5 aromatic rings. The van der Waals surface area contributed by atoms with Crippen LogP contribution in [0.25, 0.3) is 66.6 Å². The Morgan fingerprint density at radius 2 is 0.816 bits per heavy atom. The average Bonchev–Trinajstić information content (AvgIpc) is 4.08. The minimum Gasteiger partial charge on any atom is -0.469 e. The van der Waals surface area contributed by atoms with Gasteiger partial charge in [-0.3, -0.25) is 19.2 Å². The first-order valence-electron chi connectivity index (χ1n) is 25.8. The van der Waals surface area contributed by atoms with Gasteiger partial charge in [-0.1, -0.05) is 75.4 Å². The standard InChI is InChI=1S/C62H70N4O8Si2/c1-37-45(23-27-53(67)71-5)49-35-50-47(25-29-55(69)73-7)39(3)61(65-50)58(44-21-17-42(18-22-44)32-34-76(12,13)14)62-40(4)48(26-30-56(70)74-8)52(66-62)36-51-46(24-28-54(68)72-6)38(2)60(64-51)57(59(37)63-49)43-19-15-41(16-20-43)31-33-75(9,10)11/h15-22,35-36,63,65H,23-30H2,1-14H3. The fraction of sp³-hybridized carbons (Fsp3) is 0.355. The van der Waals surface area contributed by atoms with E-state index < -0.39 is 16.1 Å². The number of nitrogens with one attached hydrogen (secondary N) is 2. The zero-order valence-electron chi connectivity index (χ0n) is 46.6. The van der Waals surface area contributed by atoms with Gasteiger partial charge in [0.05, 0.1) is 62.2 Å². The number of methoxy groups -OCH3 is 4. The van der Waals surface area contributed by atoms with Crippen LogP contribution >= 0.6 is 0 Å². The van der Waals surface area contributed by atoms with Crippen LogP contribution in [0, 0.1) is 36.8 Å². The quantitative estimate of drug-likeness (QED) is 0.0474. The molecule has 76 heavy (non-hydrogen) atoms. The van der Waals surface area contributed by atoms with Crippen LogP contribution in [0.3, 0.4) is 0 Å². The van der Waals surface area contributed by atoms with E-state index in [0.29, 0.717) is 48.5 Å². The number of hydrogen-bond acceptors (Lipinski definition) is 10. The topological polar surface area (TPSA) is 163 Å². The summed E-state index contributed by atoms with van der Waals surface area (Å²) in [5.74, 6) is 5.41. The largest absolute Gasteiger partial charge is 0.469 e. The van der Waals surface area contributed by atoms with E-state index in [9.17, 15) is 19.2 Å². The molecule has 8 bridgehead atoms. The molecule has 3 aromatic heterocycles. The molecule has 0 aliphatic carbocycles. The molecule has 7 rings (SSSR count). The molecule has 2 aromatic carbocycles. The Balaban J connectivity index is 1.73. The zero-order valence-corrected chi connectivity index (χ0v) is 48.6. The van der Waals surface area contributed by atoms with Gasteiger partial charge in [0.1, 0.15) is 16.1 Å². The van der Waals surface area contributed by atoms with E-state index in [1.165, 1.54) is 28.4 Å². The van der Waals surface area contributed by atoms with Gasteiger partial charge < -0.3 is 28.9 Å². The predicted octanol–water partition coefficient (Wildman–Crippen LogP) is 12.7. The SMILES string of the molecule is COC(=O)CCC1=C(C)c2nc1cc1nc(c(-c3ccc(C#C[Si](C)(C)C)cc3)c3[nH]c(cc4[nH]c(c(C)c4CCC(=O)OC)c2-c2ccc(C#C[Si](C)(C)C)cc2)c(CCC(=O)OC)c3C)C(C)=C1CCC(=O)OC. The number of esters is 4. The van der Waals surface area contributed by atoms with Gasteiger partial charge in [-0.2, -0.15) is 0 Å². The van der Waals surface area contributed by atoms with E-state index in [0.717, 1.165) is 100.0 Å². The maximum atomic E-state index is 13.0. The Morgan fingerprint density at radius 3 is 1.13 bits per heavy atom. The van der Waals surface area contributed by atoms with Gasteiger partial charge in [0.15, 0.2) is 0 Å². The van der Waals surface area contributed by atoms with Crippen LogP contribution in [0.2, 0.25) is 39.3 Å². The second kappa shape index (κ2) is 23.6. The highest BCUT2D eigenvalue weighted by molar-refractivity contribution is 6.84. The van der Waals surface area contributed by atoms with Crippen LogP contribution in [0.5, 0.6) is 0 Å². The van der Waals surface area contributed by atoms with Crippen molar-refractivity contribution in [1.29, 1.82) is 0 Å². The summed E-state index contributed by atoms with van der Waals surface area (Å²) in [5, 5.41) is 0. The number of ether oxygens (including phenoxy) is 4. The number of carbonyl (C=O) groups is 4. The molecule has 0 saturated heterocycles. The first-order valence-corrected chi connectivity index (χ1v) is 32.8. The molecule has 394 valence electrons. The fourth-order valence-electron chi connectivity index (χ4n) is 9.62. The predicted molar refractivity (Wildman–Crippen MR) is 310 cm³/mol. The third kappa shape index (κ3) is 12.9. The normalized spacial score (nSPS) is 12.4. The van der Waals surface area contributed by atoms with Gasteiger partial charge in [0.25, 0.3) is 0 Å². The first-order chi connectivity index (χ1) is 36.0. The summed E-state index contributed by atoms with van der Waals surface area (Å²) in [7, 11) is 2.20. The van der Waals surface area contributed by atoms with Crippen LogP contribution in [-0.2, 0) is 51.0 Å². The summed E-state index contributed by atoms with van der Waals surface area (Å²) in [6.07, 6.45) is 1.85. The number of carbonyl (C=O) groups excluding carboxylic acids is 4. The second-order valence-corrected chi connectivity index (χ2v) is 30.9. The number of H-pyrrole nitrogens is 2. The molecule has 0 fully saturated rings. The van der Waals surface area contributed by atoms with E-state index in [1.54, 1.807) is 0 Å². The van der Waals surface area contributed by atoms with Gasteiger partial charge in [-0.25, -0.2) is 9.97 Å². The van der Waals surface area contributed by atoms with Crippen molar-refractivity contribution in [3.05, 3.63) is 117 Å². The van der Waals surface area contributed by atoms with Crippen molar-refractivity contribution in [3.63, 3.8) is 0 Å². The minimum atomic E-state index is -1.68. The number of aromatic amines is 2. The first kappa shape index (κ1) is 56.2. The van der Waals surface area contributed by atoms with E-state index in [2.05, 4.69) is 116 Å². The molecule has 2 aliphatic rings. The summed E-state index contributed by atoms with van der Waals surface area (Å²) in [5.41, 5.74) is 24.9. The van der Waals surface area contributed by atoms with Gasteiger partial charge in [0.2, 0.25) is 0 Å². The van der Waals surface area contributed by atoms with Gasteiger partial charge in [-0.15, -0.1) is 11.1 Å². The summed E-state index contributed by atoms with van der Waals surface area (Å²) >= 11 is 0. The summed E-state index contributed by atoms with van der Waals surface area (Å²) in [6.45, 7) is 21.5. The zero-order chi connectivity index (χ0) is 55.2. The summed E-state index contributed by atoms with van der Waals surface area (Å²) in [6, 6.07) is 20.5. The molecule has 12 nitrogen and oxygen atoms in total. The van der Waals surface area contributed by atoms with Crippen molar-refractivity contribution >= 4 is 84.4 Å². The lowest BCUT2D eigenvalue weighted by Crippen LogP contribution is -2.16. The number of fused-ring (bicyclic) bond motifs is 8. The van der Waals surface area contributed by atoms with Crippen LogP contribution in [-0.4, -0.2) is 88.4 Å². The number of benzene rings is 2. The van der Waals surface area contributed by atoms with E-state index in [4.69, 9.17) is 28.9 Å². The van der Waals surface area contributed by atoms with Crippen molar-refractivity contribution in [2.24, 2.45) is 0 Å². The highest BCUT2D eigenvalue weighted by Gasteiger charge is 2.28. The Labute approximate surface area is 449 Å². The monoisotopic (exact) mass is 1050 g/mol. The van der Waals surface area contributed by atoms with E-state index in [-0.39, 0.29) is 49.6 Å². The molecule has 2 aliphatic heterocycles. The number of hydrogen-bond donors (Lipinski definition) is 2. The van der Waals surface area contributed by atoms with Crippen molar-refractivity contribution in [3.8, 4) is 45.2 Å². The van der Waals surface area contributed by atoms with Crippen molar-refractivity contribution in [2.45, 2.75) is 118 Å². The number of rotatable bonds is 14. The highest BCUT2D eigenvalue weighted by Crippen LogP contribution is 2.45. The van der Waals surface area contributed by atoms with Crippen LogP contribution < -0.4 is 0 Å². The Kier molecular flexibility index (Phi) is 17.4. The number of allylic oxidation sites excluding steroid dienone is 4. The van der Waals surface area contributed by atoms with Crippen LogP contribution in [0.15, 0.2) is 60.7 Å². The molecule has 2 N–H and O–H groups in total. The molecule has 0 radical (unpaired) electrons. The second-order valence-electron chi connectivity index (χ2n) is 21.4. The Hall–Kier alpha value is -7.53. The molecule has 0 spiro atoms. The Morgan fingerprint density at radius 1 is 0.487 bits per heavy atom. The highest BCUT2D eigenvalue weighted by atomic mass is 28.3. The molecule has 0 amide bonds. The van der Waals surface area contributed by atoms with Gasteiger partial charge >= 0.3 is 23.9 Å². The lowest BCUT2D eigenvalue weighted by atomic mass is 9.93. The number of nitrogens with zero attached hydrogens (tertiary/aromatic N) is 2. The number of aromatic nitrogens is 4. The van der Waals surface area contributed by atoms with Crippen molar-refractivity contribution in [2.75, 3.05) is 28.4 Å². The molecular formula is C62H70N4O8Si2. The molecule has 0 saturated carbocycles. The lowest BCUT2D eigenvalue weighted by molar-refractivity contribution is -0.141. The molecular weight excluding hydrogens is 985 g/mol. The van der Waals surface area contributed by atoms with Crippen molar-refractivity contribution in [1.82, 2.24) is 19.9 Å². The average molecular weight is 1060 g/mol. The summed E-state index contributed by atoms with van der Waals surface area (Å²) in [4.78, 5) is 70.7. The Bertz CT molecular complexity index is 3280. The maximum absolute atomic E-state index is 13.0. The van der Waals surface area contributed by atoms with Gasteiger partial charge in [0, 0.05) is 59.0 Å². The number of aryl methyl sites for hydroxylation is 4. The molecule has 0 atom stereocenters. The summed E-state index contributed by atoms with van der Waals surface area (Å²) < 4.78 is 20.7. The fourth-order valence-corrected chi connectivity index (χ4v) is 10.7. The van der Waals surface area contributed by atoms with Gasteiger partial charge in [-0.05, 0) is 145 Å². The minimum absolute atomic E-state index is 0.109. The van der Waals surface area contributed by atoms with E-state index in [1.807, 2.05) is 44.2 Å². The molecule has 5 heterocycles. The molecule has 0 unspecified atom stereocenters. The van der Waals surface area contributed by atoms with Crippen LogP contribution in [0.1, 0.15) is 109 Å². The molecule has 14 heteroatoms. The third-order valence-electron chi connectivity index (χ3n) is 13.8. The third-order valence-corrected chi connectivity index (χ3v) is 15.5. The van der Waals surface area contributed by atoms with Crippen LogP contribution in [0.4, 0.5) is 0 Å². The van der Waals surface area contributed by atoms with E-state index >= 15 is 0 Å². The lowest BCUT2D eigenvalue weighted by Gasteiger charge is -2.10. The maximum Gasteiger partial charge on any atom is 0.305 e.